The quantitative estimate of drug-likeness (QED) is 0.738. The number of alkyl halides is 6. The number of hydrogen-bond acceptors (Lipinski definition) is 2. The molecule has 120 valence electrons. The Morgan fingerprint density at radius 1 is 1.09 bits per heavy atom. The Balaban J connectivity index is 2.38. The van der Waals surface area contributed by atoms with Gasteiger partial charge in [0.05, 0.1) is 5.56 Å². The third-order valence-electron chi connectivity index (χ3n) is 2.37. The fraction of sp³-hybridized carbons (Fsp3) is 0.182. The van der Waals surface area contributed by atoms with Crippen molar-refractivity contribution in [2.24, 2.45) is 0 Å². The maximum atomic E-state index is 13.7. The van der Waals surface area contributed by atoms with E-state index in [2.05, 4.69) is 25.7 Å². The van der Waals surface area contributed by atoms with E-state index in [4.69, 9.17) is 0 Å². The summed E-state index contributed by atoms with van der Waals surface area (Å²) in [6, 6.07) is 1.98. The highest BCUT2D eigenvalue weighted by molar-refractivity contribution is 9.10. The molecule has 2 aromatic rings. The van der Waals surface area contributed by atoms with Gasteiger partial charge in [0, 0.05) is 6.07 Å². The fourth-order valence-electron chi connectivity index (χ4n) is 1.55. The normalized spacial score (nSPS) is 12.5. The molecule has 0 spiro atoms. The van der Waals surface area contributed by atoms with E-state index in [1.54, 1.807) is 0 Å². The molecule has 3 nitrogen and oxygen atoms in total. The lowest BCUT2D eigenvalue weighted by molar-refractivity contribution is -0.274. The summed E-state index contributed by atoms with van der Waals surface area (Å²) in [7, 11) is 0. The van der Waals surface area contributed by atoms with Crippen molar-refractivity contribution in [2.75, 3.05) is 0 Å². The van der Waals surface area contributed by atoms with Crippen LogP contribution in [0.25, 0.3) is 11.4 Å². The number of hydrogen-bond donors (Lipinski definition) is 1. The third-order valence-corrected chi connectivity index (χ3v) is 2.95. The van der Waals surface area contributed by atoms with Crippen molar-refractivity contribution in [3.05, 3.63) is 34.3 Å². The van der Waals surface area contributed by atoms with Gasteiger partial charge in [0.1, 0.15) is 22.0 Å². The predicted molar refractivity (Wildman–Crippen MR) is 63.4 cm³/mol. The van der Waals surface area contributed by atoms with Crippen molar-refractivity contribution < 1.29 is 35.5 Å². The van der Waals surface area contributed by atoms with Gasteiger partial charge in [-0.3, -0.25) is 0 Å². The summed E-state index contributed by atoms with van der Waals surface area (Å²) in [6.45, 7) is 0. The van der Waals surface area contributed by atoms with Gasteiger partial charge in [-0.25, -0.2) is 9.37 Å². The summed E-state index contributed by atoms with van der Waals surface area (Å²) in [4.78, 5) is 5.31. The number of benzene rings is 1. The van der Waals surface area contributed by atoms with Crippen LogP contribution in [-0.4, -0.2) is 16.3 Å². The first-order valence-electron chi connectivity index (χ1n) is 5.36. The molecule has 0 unspecified atom stereocenters. The Labute approximate surface area is 126 Å². The highest BCUT2D eigenvalue weighted by Crippen LogP contribution is 2.36. The first kappa shape index (κ1) is 16.6. The third kappa shape index (κ3) is 3.70. The molecule has 0 aliphatic carbocycles. The smallest absolute Gasteiger partial charge is 0.406 e. The Morgan fingerprint density at radius 3 is 2.18 bits per heavy atom. The molecule has 0 aliphatic rings. The minimum Gasteiger partial charge on any atom is -0.406 e. The van der Waals surface area contributed by atoms with Crippen LogP contribution in [0.5, 0.6) is 5.75 Å². The molecule has 0 saturated heterocycles. The largest absolute Gasteiger partial charge is 0.573 e. The number of nitrogens with one attached hydrogen (secondary N) is 1. The monoisotopic (exact) mass is 392 g/mol. The van der Waals surface area contributed by atoms with E-state index in [1.165, 1.54) is 0 Å². The molecule has 0 aliphatic heterocycles. The second-order valence-electron chi connectivity index (χ2n) is 3.94. The summed E-state index contributed by atoms with van der Waals surface area (Å²) >= 11 is 2.57. The van der Waals surface area contributed by atoms with Crippen LogP contribution < -0.4 is 4.74 Å². The number of rotatable bonds is 2. The van der Waals surface area contributed by atoms with E-state index in [0.717, 1.165) is 12.1 Å². The molecule has 0 amide bonds. The molecule has 0 bridgehead atoms. The maximum Gasteiger partial charge on any atom is 0.573 e. The number of aromatic nitrogens is 2. The van der Waals surface area contributed by atoms with Crippen LogP contribution in [0.15, 0.2) is 22.8 Å². The van der Waals surface area contributed by atoms with Crippen LogP contribution in [0.2, 0.25) is 0 Å². The second-order valence-corrected chi connectivity index (χ2v) is 4.69. The van der Waals surface area contributed by atoms with Gasteiger partial charge in [-0.15, -0.1) is 13.2 Å². The Kier molecular flexibility index (Phi) is 4.11. The zero-order chi connectivity index (χ0) is 16.7. The van der Waals surface area contributed by atoms with Gasteiger partial charge in [0.25, 0.3) is 0 Å². The number of aromatic amines is 1. The average Bonchev–Trinajstić information content (AvgIpc) is 2.68. The van der Waals surface area contributed by atoms with Crippen molar-refractivity contribution >= 4 is 15.9 Å². The van der Waals surface area contributed by atoms with E-state index in [0.29, 0.717) is 6.07 Å². The van der Waals surface area contributed by atoms with E-state index in [1.807, 2.05) is 4.98 Å². The van der Waals surface area contributed by atoms with Crippen molar-refractivity contribution in [2.45, 2.75) is 12.5 Å². The molecule has 0 saturated carbocycles. The van der Waals surface area contributed by atoms with E-state index < -0.39 is 45.8 Å². The Hall–Kier alpha value is -1.78. The second kappa shape index (κ2) is 5.45. The summed E-state index contributed by atoms with van der Waals surface area (Å²) in [5.41, 5.74) is -1.68. The SMILES string of the molecule is Fc1cc(OC(F)(F)F)ccc1-c1nc(Br)c(C(F)(F)F)[nH]1. The zero-order valence-corrected chi connectivity index (χ0v) is 11.7. The lowest BCUT2D eigenvalue weighted by Gasteiger charge is -2.09. The summed E-state index contributed by atoms with van der Waals surface area (Å²) in [6.07, 6.45) is -9.76. The predicted octanol–water partition coefficient (Wildman–Crippen LogP) is 4.90. The van der Waals surface area contributed by atoms with Gasteiger partial charge in [0.2, 0.25) is 0 Å². The molecule has 1 N–H and O–H groups in total. The fourth-order valence-corrected chi connectivity index (χ4v) is 2.05. The number of nitrogens with zero attached hydrogens (tertiary/aromatic N) is 1. The van der Waals surface area contributed by atoms with Crippen molar-refractivity contribution in [3.8, 4) is 17.1 Å². The number of H-pyrrole nitrogens is 1. The average molecular weight is 393 g/mol. The molecule has 0 fully saturated rings. The Bertz CT molecular complexity index is 693. The van der Waals surface area contributed by atoms with Crippen LogP contribution in [-0.2, 0) is 6.18 Å². The number of ether oxygens (including phenoxy) is 1. The van der Waals surface area contributed by atoms with Crippen molar-refractivity contribution in [1.29, 1.82) is 0 Å². The minimum absolute atomic E-state index is 0.395. The van der Waals surface area contributed by atoms with Crippen LogP contribution in [0, 0.1) is 5.82 Å². The van der Waals surface area contributed by atoms with Crippen molar-refractivity contribution in [3.63, 3.8) is 0 Å². The number of halogens is 8. The van der Waals surface area contributed by atoms with Crippen LogP contribution in [0.3, 0.4) is 0 Å². The van der Waals surface area contributed by atoms with Gasteiger partial charge < -0.3 is 9.72 Å². The van der Waals surface area contributed by atoms with Gasteiger partial charge >= 0.3 is 12.5 Å². The molecule has 11 heteroatoms. The topological polar surface area (TPSA) is 37.9 Å². The Morgan fingerprint density at radius 2 is 1.73 bits per heavy atom. The lowest BCUT2D eigenvalue weighted by atomic mass is 10.2. The van der Waals surface area contributed by atoms with Gasteiger partial charge in [-0.2, -0.15) is 13.2 Å². The summed E-state index contributed by atoms with van der Waals surface area (Å²) in [5, 5.41) is 0. The van der Waals surface area contributed by atoms with Crippen LogP contribution in [0.1, 0.15) is 5.69 Å². The van der Waals surface area contributed by atoms with E-state index in [9.17, 15) is 30.7 Å². The van der Waals surface area contributed by atoms with Crippen LogP contribution >= 0.6 is 15.9 Å². The van der Waals surface area contributed by atoms with Gasteiger partial charge in [-0.1, -0.05) is 0 Å². The number of imidazole rings is 1. The molecule has 22 heavy (non-hydrogen) atoms. The van der Waals surface area contributed by atoms with Crippen LogP contribution in [0.4, 0.5) is 30.7 Å². The standard InChI is InChI=1S/C11H4BrF7N2O/c12-8-7(10(14,15)16)20-9(21-8)5-2-1-4(3-6(5)13)22-11(17,18)19/h1-3H,(H,20,21). The summed E-state index contributed by atoms with van der Waals surface area (Å²) < 4.78 is 90.4. The van der Waals surface area contributed by atoms with Crippen molar-refractivity contribution in [1.82, 2.24) is 9.97 Å². The molecule has 1 heterocycles. The minimum atomic E-state index is -5.01. The maximum absolute atomic E-state index is 13.7. The molecular weight excluding hydrogens is 389 g/mol. The zero-order valence-electron chi connectivity index (χ0n) is 10.1. The van der Waals surface area contributed by atoms with E-state index >= 15 is 0 Å². The lowest BCUT2D eigenvalue weighted by Crippen LogP contribution is -2.17. The first-order chi connectivity index (χ1) is 9.97. The van der Waals surface area contributed by atoms with E-state index in [-0.39, 0.29) is 0 Å². The highest BCUT2D eigenvalue weighted by Gasteiger charge is 2.36. The first-order valence-corrected chi connectivity index (χ1v) is 6.15. The molecule has 0 atom stereocenters. The molecule has 2 rings (SSSR count). The molecular formula is C11H4BrF7N2O. The summed E-state index contributed by atoms with van der Waals surface area (Å²) in [5.74, 6) is -2.55. The highest BCUT2D eigenvalue weighted by atomic mass is 79.9. The molecule has 1 aromatic carbocycles. The molecule has 0 radical (unpaired) electrons. The van der Waals surface area contributed by atoms with Gasteiger partial charge in [-0.05, 0) is 28.1 Å². The molecule has 1 aromatic heterocycles. The van der Waals surface area contributed by atoms with Gasteiger partial charge in [0.15, 0.2) is 5.69 Å².